The summed E-state index contributed by atoms with van der Waals surface area (Å²) in [5.41, 5.74) is 3.51. The molecule has 1 N–H and O–H groups in total. The van der Waals surface area contributed by atoms with Gasteiger partial charge in [0, 0.05) is 22.8 Å². The number of anilines is 1. The third-order valence-corrected chi connectivity index (χ3v) is 4.24. The van der Waals surface area contributed by atoms with Gasteiger partial charge in [0.2, 0.25) is 0 Å². The lowest BCUT2D eigenvalue weighted by molar-refractivity contribution is 0.412. The third kappa shape index (κ3) is 3.74. The van der Waals surface area contributed by atoms with Crippen molar-refractivity contribution in [3.05, 3.63) is 56.5 Å². The first-order chi connectivity index (χ1) is 9.10. The Bertz CT molecular complexity index is 584. The van der Waals surface area contributed by atoms with Crippen LogP contribution in [0.5, 0.6) is 5.75 Å². The minimum Gasteiger partial charge on any atom is -0.495 e. The Morgan fingerprint density at radius 3 is 2.53 bits per heavy atom. The maximum Gasteiger partial charge on any atom is 0.135 e. The molecule has 2 aromatic rings. The van der Waals surface area contributed by atoms with Crippen LogP contribution in [0.4, 0.5) is 5.69 Å². The van der Waals surface area contributed by atoms with Crippen LogP contribution in [0, 0.1) is 6.92 Å². The second kappa shape index (κ2) is 6.44. The van der Waals surface area contributed by atoms with Crippen molar-refractivity contribution >= 4 is 37.5 Å². The molecule has 2 nitrogen and oxygen atoms in total. The average Bonchev–Trinajstić information content (AvgIpc) is 2.39. The van der Waals surface area contributed by atoms with Gasteiger partial charge in [-0.05, 0) is 52.2 Å². The number of hydrogen-bond donors (Lipinski definition) is 1. The van der Waals surface area contributed by atoms with Crippen LogP contribution in [0.3, 0.4) is 0 Å². The molecule has 0 aliphatic carbocycles. The molecule has 0 spiro atoms. The lowest BCUT2D eigenvalue weighted by atomic mass is 10.1. The van der Waals surface area contributed by atoms with Crippen molar-refractivity contribution in [3.63, 3.8) is 0 Å². The maximum atomic E-state index is 5.28. The first kappa shape index (κ1) is 14.4. The first-order valence-electron chi connectivity index (χ1n) is 5.92. The van der Waals surface area contributed by atoms with Gasteiger partial charge < -0.3 is 10.1 Å². The van der Waals surface area contributed by atoms with Crippen molar-refractivity contribution in [3.8, 4) is 5.75 Å². The molecule has 100 valence electrons. The molecule has 0 aromatic heterocycles. The van der Waals surface area contributed by atoms with E-state index in [9.17, 15) is 0 Å². The van der Waals surface area contributed by atoms with Crippen LogP contribution in [-0.4, -0.2) is 7.11 Å². The highest BCUT2D eigenvalue weighted by molar-refractivity contribution is 9.10. The fourth-order valence-electron chi connectivity index (χ4n) is 1.76. The zero-order valence-electron chi connectivity index (χ0n) is 10.8. The monoisotopic (exact) mass is 383 g/mol. The zero-order chi connectivity index (χ0) is 13.8. The first-order valence-corrected chi connectivity index (χ1v) is 7.51. The fraction of sp³-hybridized carbons (Fsp3) is 0.200. The molecule has 19 heavy (non-hydrogen) atoms. The number of ether oxygens (including phenoxy) is 1. The highest BCUT2D eigenvalue weighted by Gasteiger charge is 2.03. The van der Waals surface area contributed by atoms with E-state index in [1.165, 1.54) is 11.1 Å². The molecule has 0 saturated heterocycles. The second-order valence-electron chi connectivity index (χ2n) is 4.30. The minimum atomic E-state index is 0.769. The van der Waals surface area contributed by atoms with E-state index in [0.717, 1.165) is 26.9 Å². The summed E-state index contributed by atoms with van der Waals surface area (Å²) in [6.45, 7) is 2.85. The van der Waals surface area contributed by atoms with E-state index in [2.05, 4.69) is 62.3 Å². The van der Waals surface area contributed by atoms with Crippen LogP contribution in [0.1, 0.15) is 11.1 Å². The molecule has 2 rings (SSSR count). The molecule has 0 fully saturated rings. The van der Waals surface area contributed by atoms with E-state index in [1.807, 2.05) is 18.2 Å². The van der Waals surface area contributed by atoms with Crippen molar-refractivity contribution in [2.24, 2.45) is 0 Å². The molecule has 0 saturated carbocycles. The maximum absolute atomic E-state index is 5.28. The van der Waals surface area contributed by atoms with Gasteiger partial charge in [-0.3, -0.25) is 0 Å². The van der Waals surface area contributed by atoms with Gasteiger partial charge in [0.05, 0.1) is 11.6 Å². The number of methoxy groups -OCH3 is 1. The lowest BCUT2D eigenvalue weighted by Gasteiger charge is -2.11. The molecule has 0 unspecified atom stereocenters. The third-order valence-electron chi connectivity index (χ3n) is 2.84. The smallest absolute Gasteiger partial charge is 0.135 e. The molecule has 0 aliphatic rings. The Balaban J connectivity index is 2.10. The summed E-state index contributed by atoms with van der Waals surface area (Å²) in [5, 5.41) is 3.39. The molecule has 0 amide bonds. The van der Waals surface area contributed by atoms with Gasteiger partial charge in [-0.25, -0.2) is 0 Å². The Morgan fingerprint density at radius 1 is 1.05 bits per heavy atom. The van der Waals surface area contributed by atoms with Gasteiger partial charge in [-0.1, -0.05) is 28.1 Å². The average molecular weight is 385 g/mol. The van der Waals surface area contributed by atoms with E-state index >= 15 is 0 Å². The van der Waals surface area contributed by atoms with Gasteiger partial charge in [0.15, 0.2) is 0 Å². The van der Waals surface area contributed by atoms with Gasteiger partial charge in [0.1, 0.15) is 5.75 Å². The van der Waals surface area contributed by atoms with Crippen LogP contribution in [-0.2, 0) is 6.54 Å². The van der Waals surface area contributed by atoms with Crippen LogP contribution < -0.4 is 10.1 Å². The minimum absolute atomic E-state index is 0.769. The van der Waals surface area contributed by atoms with Gasteiger partial charge >= 0.3 is 0 Å². The van der Waals surface area contributed by atoms with Crippen molar-refractivity contribution < 1.29 is 4.74 Å². The Kier molecular flexibility index (Phi) is 4.88. The highest BCUT2D eigenvalue weighted by atomic mass is 79.9. The number of rotatable bonds is 4. The molecule has 0 atom stereocenters. The highest BCUT2D eigenvalue weighted by Crippen LogP contribution is 2.28. The van der Waals surface area contributed by atoms with Crippen molar-refractivity contribution in [1.82, 2.24) is 0 Å². The summed E-state index contributed by atoms with van der Waals surface area (Å²) in [6, 6.07) is 12.3. The predicted octanol–water partition coefficient (Wildman–Crippen LogP) is 5.14. The largest absolute Gasteiger partial charge is 0.495 e. The standard InChI is InChI=1S/C15H15Br2NO/c1-10-3-4-11(14(17)7-10)9-18-12-5-6-13(16)15(8-12)19-2/h3-8,18H,9H2,1-2H3. The van der Waals surface area contributed by atoms with Gasteiger partial charge in [-0.15, -0.1) is 0 Å². The number of halogens is 2. The van der Waals surface area contributed by atoms with E-state index in [4.69, 9.17) is 4.74 Å². The van der Waals surface area contributed by atoms with E-state index in [1.54, 1.807) is 7.11 Å². The zero-order valence-corrected chi connectivity index (χ0v) is 14.0. The number of hydrogen-bond acceptors (Lipinski definition) is 2. The number of nitrogens with one attached hydrogen (secondary N) is 1. The van der Waals surface area contributed by atoms with Gasteiger partial charge in [0.25, 0.3) is 0 Å². The Hall–Kier alpha value is -1.000. The topological polar surface area (TPSA) is 21.3 Å². The number of aryl methyl sites for hydroxylation is 1. The molecule has 0 aliphatic heterocycles. The predicted molar refractivity (Wildman–Crippen MR) is 86.9 cm³/mol. The summed E-state index contributed by atoms with van der Waals surface area (Å²) in [4.78, 5) is 0. The van der Waals surface area contributed by atoms with Crippen molar-refractivity contribution in [2.75, 3.05) is 12.4 Å². The van der Waals surface area contributed by atoms with Gasteiger partial charge in [-0.2, -0.15) is 0 Å². The van der Waals surface area contributed by atoms with Crippen molar-refractivity contribution in [2.45, 2.75) is 13.5 Å². The van der Waals surface area contributed by atoms with Crippen molar-refractivity contribution in [1.29, 1.82) is 0 Å². The van der Waals surface area contributed by atoms with Crippen LogP contribution in [0.2, 0.25) is 0 Å². The summed E-state index contributed by atoms with van der Waals surface area (Å²) < 4.78 is 7.37. The summed E-state index contributed by atoms with van der Waals surface area (Å²) in [7, 11) is 1.67. The number of benzene rings is 2. The van der Waals surface area contributed by atoms with E-state index < -0.39 is 0 Å². The van der Waals surface area contributed by atoms with Crippen LogP contribution >= 0.6 is 31.9 Å². The second-order valence-corrected chi connectivity index (χ2v) is 6.01. The summed E-state index contributed by atoms with van der Waals surface area (Å²) in [6.07, 6.45) is 0. The fourth-order valence-corrected chi connectivity index (χ4v) is 2.80. The molecule has 2 aromatic carbocycles. The van der Waals surface area contributed by atoms with E-state index in [-0.39, 0.29) is 0 Å². The molecular weight excluding hydrogens is 370 g/mol. The van der Waals surface area contributed by atoms with Crippen LogP contribution in [0.25, 0.3) is 0 Å². The normalized spacial score (nSPS) is 10.3. The summed E-state index contributed by atoms with van der Waals surface area (Å²) >= 11 is 7.03. The van der Waals surface area contributed by atoms with Crippen LogP contribution in [0.15, 0.2) is 45.3 Å². The molecule has 0 bridgehead atoms. The molecular formula is C15H15Br2NO. The summed E-state index contributed by atoms with van der Waals surface area (Å²) in [5.74, 6) is 0.827. The lowest BCUT2D eigenvalue weighted by Crippen LogP contribution is -2.00. The Morgan fingerprint density at radius 2 is 1.84 bits per heavy atom. The Labute approximate surface area is 130 Å². The molecule has 0 radical (unpaired) electrons. The molecule has 0 heterocycles. The van der Waals surface area contributed by atoms with E-state index in [0.29, 0.717) is 0 Å². The molecule has 4 heteroatoms. The quantitative estimate of drug-likeness (QED) is 0.787. The SMILES string of the molecule is COc1cc(NCc2ccc(C)cc2Br)ccc1Br.